The molecule has 0 spiro atoms. The topological polar surface area (TPSA) is 87.2 Å². The van der Waals surface area contributed by atoms with Crippen molar-refractivity contribution in [3.05, 3.63) is 65.4 Å². The smallest absolute Gasteiger partial charge is 0.196 e. The van der Waals surface area contributed by atoms with Crippen LogP contribution >= 0.6 is 23.4 Å². The predicted octanol–water partition coefficient (Wildman–Crippen LogP) is 2.58. The van der Waals surface area contributed by atoms with Gasteiger partial charge in [-0.05, 0) is 51.2 Å². The van der Waals surface area contributed by atoms with Crippen molar-refractivity contribution in [2.75, 3.05) is 0 Å². The summed E-state index contributed by atoms with van der Waals surface area (Å²) >= 11 is 7.48. The molecule has 0 unspecified atom stereocenters. The number of rotatable bonds is 5. The standard InChI is InChI=1S/C15H11ClN8S/c16-11-5-4-8-13(9-11)24-15(18-20-22-24)25-10-14-17-19-21-23(14)12-6-2-1-3-7-12/h1-9H,10H2. The van der Waals surface area contributed by atoms with E-state index in [2.05, 4.69) is 31.1 Å². The molecule has 0 atom stereocenters. The van der Waals surface area contributed by atoms with E-state index < -0.39 is 0 Å². The number of aromatic nitrogens is 8. The minimum atomic E-state index is 0.517. The van der Waals surface area contributed by atoms with E-state index in [4.69, 9.17) is 11.6 Å². The van der Waals surface area contributed by atoms with E-state index in [9.17, 15) is 0 Å². The van der Waals surface area contributed by atoms with Gasteiger partial charge in [0.05, 0.1) is 17.1 Å². The van der Waals surface area contributed by atoms with Crippen molar-refractivity contribution in [1.82, 2.24) is 40.4 Å². The normalized spacial score (nSPS) is 10.9. The maximum atomic E-state index is 6.04. The van der Waals surface area contributed by atoms with E-state index in [1.54, 1.807) is 21.5 Å². The molecule has 0 N–H and O–H groups in total. The Morgan fingerprint density at radius 3 is 2.44 bits per heavy atom. The molecule has 0 radical (unpaired) electrons. The van der Waals surface area contributed by atoms with Gasteiger partial charge in [-0.15, -0.1) is 10.2 Å². The number of para-hydroxylation sites is 1. The molecule has 0 aliphatic heterocycles. The fourth-order valence-corrected chi connectivity index (χ4v) is 3.21. The second-order valence-electron chi connectivity index (χ2n) is 4.98. The van der Waals surface area contributed by atoms with Crippen molar-refractivity contribution < 1.29 is 0 Å². The Balaban J connectivity index is 1.56. The maximum absolute atomic E-state index is 6.04. The third-order valence-corrected chi connectivity index (χ3v) is 4.51. The first-order valence-corrected chi connectivity index (χ1v) is 8.67. The van der Waals surface area contributed by atoms with Crippen LogP contribution in [0.5, 0.6) is 0 Å². The van der Waals surface area contributed by atoms with Gasteiger partial charge in [-0.25, -0.2) is 0 Å². The van der Waals surface area contributed by atoms with E-state index in [1.807, 2.05) is 42.5 Å². The number of hydrogen-bond acceptors (Lipinski definition) is 7. The molecule has 0 aliphatic carbocycles. The van der Waals surface area contributed by atoms with Gasteiger partial charge in [-0.1, -0.05) is 47.6 Å². The lowest BCUT2D eigenvalue weighted by Crippen LogP contribution is -2.03. The van der Waals surface area contributed by atoms with Crippen molar-refractivity contribution in [1.29, 1.82) is 0 Å². The number of nitrogens with zero attached hydrogens (tertiary/aromatic N) is 8. The summed E-state index contributed by atoms with van der Waals surface area (Å²) in [7, 11) is 0. The second kappa shape index (κ2) is 6.99. The third-order valence-electron chi connectivity index (χ3n) is 3.36. The summed E-state index contributed by atoms with van der Waals surface area (Å²) in [5.41, 5.74) is 1.69. The molecule has 0 amide bonds. The summed E-state index contributed by atoms with van der Waals surface area (Å²) < 4.78 is 3.33. The van der Waals surface area contributed by atoms with Crippen molar-refractivity contribution in [3.8, 4) is 11.4 Å². The highest BCUT2D eigenvalue weighted by Gasteiger charge is 2.13. The van der Waals surface area contributed by atoms with Gasteiger partial charge in [0, 0.05) is 5.02 Å². The van der Waals surface area contributed by atoms with Crippen LogP contribution in [0.15, 0.2) is 59.8 Å². The van der Waals surface area contributed by atoms with Gasteiger partial charge in [0.2, 0.25) is 5.16 Å². The van der Waals surface area contributed by atoms with Crippen LogP contribution in [0.1, 0.15) is 5.82 Å². The van der Waals surface area contributed by atoms with E-state index >= 15 is 0 Å². The summed E-state index contributed by atoms with van der Waals surface area (Å²) in [6.45, 7) is 0. The predicted molar refractivity (Wildman–Crippen MR) is 92.9 cm³/mol. The van der Waals surface area contributed by atoms with Crippen LogP contribution < -0.4 is 0 Å². The van der Waals surface area contributed by atoms with Crippen LogP contribution in [-0.4, -0.2) is 40.4 Å². The maximum Gasteiger partial charge on any atom is 0.214 e. The molecule has 4 rings (SSSR count). The lowest BCUT2D eigenvalue weighted by atomic mass is 10.3. The number of thioether (sulfide) groups is 1. The van der Waals surface area contributed by atoms with Crippen LogP contribution in [0.3, 0.4) is 0 Å². The van der Waals surface area contributed by atoms with Gasteiger partial charge < -0.3 is 0 Å². The first-order valence-electron chi connectivity index (χ1n) is 7.31. The van der Waals surface area contributed by atoms with Crippen molar-refractivity contribution in [3.63, 3.8) is 0 Å². The molecular weight excluding hydrogens is 360 g/mol. The molecule has 0 bridgehead atoms. The Labute approximate surface area is 151 Å². The van der Waals surface area contributed by atoms with Gasteiger partial charge in [-0.3, -0.25) is 0 Å². The molecule has 2 aromatic carbocycles. The van der Waals surface area contributed by atoms with Crippen molar-refractivity contribution in [2.45, 2.75) is 10.9 Å². The highest BCUT2D eigenvalue weighted by atomic mass is 35.5. The zero-order valence-electron chi connectivity index (χ0n) is 12.8. The number of halogens is 1. The quantitative estimate of drug-likeness (QED) is 0.499. The molecule has 25 heavy (non-hydrogen) atoms. The first-order chi connectivity index (χ1) is 12.3. The monoisotopic (exact) mass is 370 g/mol. The Kier molecular flexibility index (Phi) is 4.40. The average molecular weight is 371 g/mol. The SMILES string of the molecule is Clc1cccc(-n2nnnc2SCc2nnnn2-c2ccccc2)c1. The van der Waals surface area contributed by atoms with Gasteiger partial charge in [0.25, 0.3) is 0 Å². The summed E-state index contributed by atoms with van der Waals surface area (Å²) in [6, 6.07) is 17.1. The molecule has 8 nitrogen and oxygen atoms in total. The van der Waals surface area contributed by atoms with E-state index in [1.165, 1.54) is 11.8 Å². The molecule has 0 saturated heterocycles. The van der Waals surface area contributed by atoms with E-state index in [-0.39, 0.29) is 0 Å². The van der Waals surface area contributed by atoms with Crippen molar-refractivity contribution >= 4 is 23.4 Å². The van der Waals surface area contributed by atoms with E-state index in [0.29, 0.717) is 21.8 Å². The number of tetrazole rings is 2. The zero-order chi connectivity index (χ0) is 17.1. The molecule has 10 heteroatoms. The number of benzene rings is 2. The van der Waals surface area contributed by atoms with Gasteiger partial charge >= 0.3 is 0 Å². The van der Waals surface area contributed by atoms with Crippen LogP contribution in [0.2, 0.25) is 5.02 Å². The second-order valence-corrected chi connectivity index (χ2v) is 6.36. The zero-order valence-corrected chi connectivity index (χ0v) is 14.3. The van der Waals surface area contributed by atoms with Gasteiger partial charge in [-0.2, -0.15) is 9.36 Å². The fraction of sp³-hybridized carbons (Fsp3) is 0.0667. The Morgan fingerprint density at radius 2 is 1.60 bits per heavy atom. The molecule has 2 aromatic heterocycles. The average Bonchev–Trinajstić information content (AvgIpc) is 3.30. The van der Waals surface area contributed by atoms with E-state index in [0.717, 1.165) is 11.4 Å². The van der Waals surface area contributed by atoms with Crippen LogP contribution in [0, 0.1) is 0 Å². The lowest BCUT2D eigenvalue weighted by molar-refractivity contribution is 0.755. The van der Waals surface area contributed by atoms with Gasteiger partial charge in [0.1, 0.15) is 0 Å². The molecule has 124 valence electrons. The molecule has 0 fully saturated rings. The fourth-order valence-electron chi connectivity index (χ4n) is 2.23. The van der Waals surface area contributed by atoms with Crippen LogP contribution in [0.25, 0.3) is 11.4 Å². The Bertz CT molecular complexity index is 984. The number of hydrogen-bond donors (Lipinski definition) is 0. The van der Waals surface area contributed by atoms with Crippen LogP contribution in [0.4, 0.5) is 0 Å². The minimum absolute atomic E-state index is 0.517. The summed E-state index contributed by atoms with van der Waals surface area (Å²) in [5.74, 6) is 1.22. The summed E-state index contributed by atoms with van der Waals surface area (Å²) in [6.07, 6.45) is 0. The Hall–Kier alpha value is -2.78. The highest BCUT2D eigenvalue weighted by Crippen LogP contribution is 2.23. The highest BCUT2D eigenvalue weighted by molar-refractivity contribution is 7.98. The molecule has 2 heterocycles. The lowest BCUT2D eigenvalue weighted by Gasteiger charge is -2.05. The summed E-state index contributed by atoms with van der Waals surface area (Å²) in [5, 5.41) is 25.0. The molecular formula is C15H11ClN8S. The van der Waals surface area contributed by atoms with Gasteiger partial charge in [0.15, 0.2) is 5.82 Å². The molecule has 4 aromatic rings. The third kappa shape index (κ3) is 3.37. The van der Waals surface area contributed by atoms with Crippen LogP contribution in [-0.2, 0) is 5.75 Å². The van der Waals surface area contributed by atoms with Crippen molar-refractivity contribution in [2.24, 2.45) is 0 Å². The Morgan fingerprint density at radius 1 is 0.840 bits per heavy atom. The minimum Gasteiger partial charge on any atom is -0.196 e. The summed E-state index contributed by atoms with van der Waals surface area (Å²) in [4.78, 5) is 0. The molecule has 0 aliphatic rings. The molecule has 0 saturated carbocycles. The first kappa shape index (κ1) is 15.7. The largest absolute Gasteiger partial charge is 0.214 e.